The van der Waals surface area contributed by atoms with Gasteiger partial charge in [0.25, 0.3) is 0 Å². The van der Waals surface area contributed by atoms with Crippen molar-refractivity contribution < 1.29 is 4.79 Å². The molecule has 0 aromatic heterocycles. The zero-order chi connectivity index (χ0) is 13.1. The number of rotatable bonds is 2. The molecule has 2 rings (SSSR count). The van der Waals surface area contributed by atoms with Crippen LogP contribution in [-0.2, 0) is 4.79 Å². The topological polar surface area (TPSA) is 49.6 Å². The Morgan fingerprint density at radius 2 is 1.89 bits per heavy atom. The Balaban J connectivity index is 1.91. The molecule has 2 fully saturated rings. The summed E-state index contributed by atoms with van der Waals surface area (Å²) in [6.45, 7) is 9.23. The Bertz CT molecular complexity index is 287. The molecule has 2 aliphatic rings. The van der Waals surface area contributed by atoms with E-state index in [4.69, 9.17) is 5.73 Å². The van der Waals surface area contributed by atoms with Gasteiger partial charge in [-0.2, -0.15) is 0 Å². The van der Waals surface area contributed by atoms with E-state index in [2.05, 4.69) is 18.7 Å². The standard InChI is InChI=1S/C14H27N3O/c1-3-16-7-9-17(10-8-16)14(18)12-6-4-5-11(2)13(12)15/h11-13H,3-10,15H2,1-2H3. The van der Waals surface area contributed by atoms with Crippen molar-refractivity contribution in [3.05, 3.63) is 0 Å². The summed E-state index contributed by atoms with van der Waals surface area (Å²) in [6, 6.07) is 0.0652. The molecule has 1 saturated heterocycles. The molecule has 0 bridgehead atoms. The largest absolute Gasteiger partial charge is 0.340 e. The lowest BCUT2D eigenvalue weighted by molar-refractivity contribution is -0.139. The third kappa shape index (κ3) is 2.86. The zero-order valence-corrected chi connectivity index (χ0v) is 11.8. The molecule has 18 heavy (non-hydrogen) atoms. The van der Waals surface area contributed by atoms with Gasteiger partial charge in [-0.15, -0.1) is 0 Å². The fraction of sp³-hybridized carbons (Fsp3) is 0.929. The molecule has 1 aliphatic heterocycles. The number of amides is 1. The van der Waals surface area contributed by atoms with Gasteiger partial charge in [0.1, 0.15) is 0 Å². The van der Waals surface area contributed by atoms with Gasteiger partial charge in [-0.25, -0.2) is 0 Å². The van der Waals surface area contributed by atoms with Crippen LogP contribution < -0.4 is 5.73 Å². The van der Waals surface area contributed by atoms with E-state index >= 15 is 0 Å². The van der Waals surface area contributed by atoms with Crippen LogP contribution >= 0.6 is 0 Å². The highest BCUT2D eigenvalue weighted by atomic mass is 16.2. The lowest BCUT2D eigenvalue weighted by Gasteiger charge is -2.39. The summed E-state index contributed by atoms with van der Waals surface area (Å²) in [5, 5.41) is 0. The van der Waals surface area contributed by atoms with Crippen molar-refractivity contribution in [2.75, 3.05) is 32.7 Å². The Kier molecular flexibility index (Phi) is 4.62. The molecule has 1 heterocycles. The number of carbonyl (C=O) groups is 1. The Hall–Kier alpha value is -0.610. The number of hydrogen-bond acceptors (Lipinski definition) is 3. The van der Waals surface area contributed by atoms with Crippen LogP contribution in [0.5, 0.6) is 0 Å². The third-order valence-corrected chi connectivity index (χ3v) is 4.74. The molecular weight excluding hydrogens is 226 g/mol. The van der Waals surface area contributed by atoms with Crippen LogP contribution in [0.2, 0.25) is 0 Å². The molecule has 0 aromatic carbocycles. The normalized spacial score (nSPS) is 34.6. The Labute approximate surface area is 110 Å². The second kappa shape index (κ2) is 6.02. The van der Waals surface area contributed by atoms with E-state index in [1.807, 2.05) is 4.90 Å². The van der Waals surface area contributed by atoms with Crippen molar-refractivity contribution in [1.82, 2.24) is 9.80 Å². The molecule has 104 valence electrons. The summed E-state index contributed by atoms with van der Waals surface area (Å²) in [5.74, 6) is 0.872. The van der Waals surface area contributed by atoms with E-state index in [9.17, 15) is 4.79 Å². The second-order valence-electron chi connectivity index (χ2n) is 5.85. The van der Waals surface area contributed by atoms with Crippen LogP contribution in [0.15, 0.2) is 0 Å². The van der Waals surface area contributed by atoms with Crippen molar-refractivity contribution in [2.45, 2.75) is 39.2 Å². The van der Waals surface area contributed by atoms with E-state index in [1.165, 1.54) is 6.42 Å². The van der Waals surface area contributed by atoms with Crippen LogP contribution in [0.3, 0.4) is 0 Å². The first-order valence-electron chi connectivity index (χ1n) is 7.40. The van der Waals surface area contributed by atoms with Crippen LogP contribution in [0, 0.1) is 11.8 Å². The number of nitrogens with two attached hydrogens (primary N) is 1. The van der Waals surface area contributed by atoms with E-state index in [-0.39, 0.29) is 12.0 Å². The molecule has 0 aromatic rings. The third-order valence-electron chi connectivity index (χ3n) is 4.74. The van der Waals surface area contributed by atoms with Crippen LogP contribution in [0.1, 0.15) is 33.1 Å². The first kappa shape index (κ1) is 13.8. The fourth-order valence-corrected chi connectivity index (χ4v) is 3.25. The molecule has 1 aliphatic carbocycles. The highest BCUT2D eigenvalue weighted by Crippen LogP contribution is 2.29. The fourth-order valence-electron chi connectivity index (χ4n) is 3.25. The van der Waals surface area contributed by atoms with Gasteiger partial charge < -0.3 is 15.5 Å². The highest BCUT2D eigenvalue weighted by Gasteiger charge is 2.35. The summed E-state index contributed by atoms with van der Waals surface area (Å²) >= 11 is 0. The zero-order valence-electron chi connectivity index (χ0n) is 11.8. The van der Waals surface area contributed by atoms with Crippen LogP contribution in [0.25, 0.3) is 0 Å². The summed E-state index contributed by atoms with van der Waals surface area (Å²) in [4.78, 5) is 17.0. The average Bonchev–Trinajstić information content (AvgIpc) is 2.41. The van der Waals surface area contributed by atoms with Gasteiger partial charge in [-0.3, -0.25) is 4.79 Å². The van der Waals surface area contributed by atoms with E-state index in [1.54, 1.807) is 0 Å². The molecule has 3 atom stereocenters. The maximum Gasteiger partial charge on any atom is 0.227 e. The van der Waals surface area contributed by atoms with Gasteiger partial charge in [-0.1, -0.05) is 20.3 Å². The Morgan fingerprint density at radius 3 is 2.50 bits per heavy atom. The molecule has 3 unspecified atom stereocenters. The molecule has 2 N–H and O–H groups in total. The van der Waals surface area contributed by atoms with Crippen LogP contribution in [0.4, 0.5) is 0 Å². The monoisotopic (exact) mass is 253 g/mol. The average molecular weight is 253 g/mol. The van der Waals surface area contributed by atoms with Crippen molar-refractivity contribution in [3.8, 4) is 0 Å². The van der Waals surface area contributed by atoms with Gasteiger partial charge in [-0.05, 0) is 25.3 Å². The van der Waals surface area contributed by atoms with Gasteiger partial charge in [0.05, 0.1) is 5.92 Å². The molecular formula is C14H27N3O. The van der Waals surface area contributed by atoms with Crippen molar-refractivity contribution in [2.24, 2.45) is 17.6 Å². The second-order valence-corrected chi connectivity index (χ2v) is 5.85. The van der Waals surface area contributed by atoms with Crippen molar-refractivity contribution in [3.63, 3.8) is 0 Å². The van der Waals surface area contributed by atoms with Crippen molar-refractivity contribution >= 4 is 5.91 Å². The number of likely N-dealkylation sites (N-methyl/N-ethyl adjacent to an activating group) is 1. The predicted octanol–water partition coefficient (Wildman–Crippen LogP) is 0.914. The number of piperazine rings is 1. The maximum atomic E-state index is 12.5. The first-order valence-corrected chi connectivity index (χ1v) is 7.40. The van der Waals surface area contributed by atoms with Gasteiger partial charge >= 0.3 is 0 Å². The summed E-state index contributed by atoms with van der Waals surface area (Å²) in [7, 11) is 0. The predicted molar refractivity (Wildman–Crippen MR) is 73.2 cm³/mol. The Morgan fingerprint density at radius 1 is 1.22 bits per heavy atom. The van der Waals surface area contributed by atoms with Crippen molar-refractivity contribution in [1.29, 1.82) is 0 Å². The molecule has 4 nitrogen and oxygen atoms in total. The molecule has 1 amide bonds. The number of nitrogens with zero attached hydrogens (tertiary/aromatic N) is 2. The van der Waals surface area contributed by atoms with Gasteiger partial charge in [0.15, 0.2) is 0 Å². The first-order chi connectivity index (χ1) is 8.63. The minimum absolute atomic E-state index is 0.0652. The quantitative estimate of drug-likeness (QED) is 0.796. The molecule has 1 saturated carbocycles. The molecule has 0 radical (unpaired) electrons. The lowest BCUT2D eigenvalue weighted by Crippen LogP contribution is -2.54. The van der Waals surface area contributed by atoms with Gasteiger partial charge in [0, 0.05) is 32.2 Å². The highest BCUT2D eigenvalue weighted by molar-refractivity contribution is 5.79. The lowest BCUT2D eigenvalue weighted by atomic mass is 9.77. The smallest absolute Gasteiger partial charge is 0.227 e. The van der Waals surface area contributed by atoms with Crippen LogP contribution in [-0.4, -0.2) is 54.5 Å². The summed E-state index contributed by atoms with van der Waals surface area (Å²) in [5.41, 5.74) is 6.23. The summed E-state index contributed by atoms with van der Waals surface area (Å²) in [6.07, 6.45) is 3.31. The van der Waals surface area contributed by atoms with Gasteiger partial charge in [0.2, 0.25) is 5.91 Å². The van der Waals surface area contributed by atoms with E-state index in [0.717, 1.165) is 45.6 Å². The minimum atomic E-state index is 0.0652. The minimum Gasteiger partial charge on any atom is -0.340 e. The van der Waals surface area contributed by atoms with E-state index < -0.39 is 0 Å². The number of carbonyl (C=O) groups excluding carboxylic acids is 1. The molecule has 4 heteroatoms. The number of hydrogen-bond donors (Lipinski definition) is 1. The SMILES string of the molecule is CCN1CCN(C(=O)C2CCCC(C)C2N)CC1. The molecule has 0 spiro atoms. The summed E-state index contributed by atoms with van der Waals surface area (Å²) < 4.78 is 0. The van der Waals surface area contributed by atoms with E-state index in [0.29, 0.717) is 11.8 Å². The maximum absolute atomic E-state index is 12.5.